The third-order valence-corrected chi connectivity index (χ3v) is 5.76. The monoisotopic (exact) mass is 458 g/mol. The highest BCUT2D eigenvalue weighted by molar-refractivity contribution is 6.05. The summed E-state index contributed by atoms with van der Waals surface area (Å²) in [6.45, 7) is 0. The quantitative estimate of drug-likeness (QED) is 0.304. The van der Waals surface area contributed by atoms with Crippen LogP contribution in [0.4, 0.5) is 5.69 Å². The number of fused-ring (bicyclic) bond motifs is 2. The van der Waals surface area contributed by atoms with Crippen molar-refractivity contribution in [2.24, 2.45) is 0 Å². The zero-order chi connectivity index (χ0) is 23.8. The number of hydrogen-bond acceptors (Lipinski definition) is 5. The molecule has 0 saturated heterocycles. The van der Waals surface area contributed by atoms with Crippen LogP contribution in [-0.2, 0) is 0 Å². The van der Waals surface area contributed by atoms with Gasteiger partial charge in [-0.2, -0.15) is 0 Å². The molecule has 4 aromatic carbocycles. The number of carbonyl (C=O) groups is 1. The summed E-state index contributed by atoms with van der Waals surface area (Å²) in [5.74, 6) is 0.234. The molecule has 2 heterocycles. The van der Waals surface area contributed by atoms with E-state index < -0.39 is 5.63 Å². The van der Waals surface area contributed by atoms with Gasteiger partial charge in [0.25, 0.3) is 5.91 Å². The van der Waals surface area contributed by atoms with Gasteiger partial charge in [0.1, 0.15) is 11.1 Å². The van der Waals surface area contributed by atoms with Gasteiger partial charge in [0.05, 0.1) is 5.56 Å². The minimum atomic E-state index is -0.448. The molecule has 6 heteroatoms. The maximum absolute atomic E-state index is 12.9. The molecule has 2 aromatic heterocycles. The van der Waals surface area contributed by atoms with Crippen molar-refractivity contribution in [2.75, 3.05) is 5.32 Å². The van der Waals surface area contributed by atoms with Crippen LogP contribution in [0.1, 0.15) is 10.4 Å². The molecule has 1 amide bonds. The molecule has 6 nitrogen and oxygen atoms in total. The first kappa shape index (κ1) is 20.6. The molecule has 0 unspecified atom stereocenters. The summed E-state index contributed by atoms with van der Waals surface area (Å²) in [7, 11) is 0. The number of benzene rings is 4. The Bertz CT molecular complexity index is 1730. The van der Waals surface area contributed by atoms with E-state index in [-0.39, 0.29) is 5.91 Å². The van der Waals surface area contributed by atoms with Crippen molar-refractivity contribution in [3.05, 3.63) is 119 Å². The third-order valence-electron chi connectivity index (χ3n) is 5.76. The van der Waals surface area contributed by atoms with E-state index in [2.05, 4.69) is 10.3 Å². The first-order valence-electron chi connectivity index (χ1n) is 11.0. The van der Waals surface area contributed by atoms with Gasteiger partial charge in [-0.1, -0.05) is 42.5 Å². The minimum absolute atomic E-state index is 0.286. The molecule has 6 aromatic rings. The fourth-order valence-electron chi connectivity index (χ4n) is 3.99. The Morgan fingerprint density at radius 2 is 1.49 bits per heavy atom. The lowest BCUT2D eigenvalue weighted by molar-refractivity contribution is 0.102. The topological polar surface area (TPSA) is 85.3 Å². The van der Waals surface area contributed by atoms with Crippen LogP contribution in [0.2, 0.25) is 0 Å². The maximum Gasteiger partial charge on any atom is 0.344 e. The molecule has 35 heavy (non-hydrogen) atoms. The molecular weight excluding hydrogens is 440 g/mol. The van der Waals surface area contributed by atoms with Crippen molar-refractivity contribution in [1.82, 2.24) is 4.98 Å². The van der Waals surface area contributed by atoms with Crippen molar-refractivity contribution in [3.8, 4) is 22.6 Å². The Hall–Kier alpha value is -4.97. The van der Waals surface area contributed by atoms with Crippen LogP contribution < -0.4 is 10.9 Å². The van der Waals surface area contributed by atoms with Crippen LogP contribution in [0.15, 0.2) is 117 Å². The Morgan fingerprint density at radius 3 is 2.31 bits per heavy atom. The molecule has 0 fully saturated rings. The number of rotatable bonds is 4. The van der Waals surface area contributed by atoms with Crippen LogP contribution in [0, 0.1) is 0 Å². The van der Waals surface area contributed by atoms with Crippen LogP contribution in [-0.4, -0.2) is 10.9 Å². The number of para-hydroxylation sites is 3. The molecule has 1 N–H and O–H groups in total. The van der Waals surface area contributed by atoms with Gasteiger partial charge in [-0.05, 0) is 66.2 Å². The van der Waals surface area contributed by atoms with E-state index in [1.165, 1.54) is 0 Å². The Balaban J connectivity index is 1.24. The predicted octanol–water partition coefficient (Wildman–Crippen LogP) is 6.52. The number of carbonyl (C=O) groups excluding carboxylic acids is 1. The molecule has 0 bridgehead atoms. The molecule has 6 rings (SSSR count). The summed E-state index contributed by atoms with van der Waals surface area (Å²) in [4.78, 5) is 30.0. The Kier molecular flexibility index (Phi) is 4.96. The van der Waals surface area contributed by atoms with Crippen molar-refractivity contribution in [3.63, 3.8) is 0 Å². The van der Waals surface area contributed by atoms with E-state index >= 15 is 0 Å². The molecule has 0 atom stereocenters. The van der Waals surface area contributed by atoms with Gasteiger partial charge in [-0.25, -0.2) is 9.78 Å². The summed E-state index contributed by atoms with van der Waals surface area (Å²) in [5, 5.41) is 3.71. The van der Waals surface area contributed by atoms with Gasteiger partial charge in [0.2, 0.25) is 5.89 Å². The second-order valence-corrected chi connectivity index (χ2v) is 8.08. The maximum atomic E-state index is 12.9. The SMILES string of the molecule is O=C(Nc1ccc(-c2nc3ccccc3o2)cc1)c1cccc(-c2cc3ccccc3oc2=O)c1. The van der Waals surface area contributed by atoms with Crippen LogP contribution >= 0.6 is 0 Å². The number of nitrogens with zero attached hydrogens (tertiary/aromatic N) is 1. The number of anilines is 1. The van der Waals surface area contributed by atoms with Gasteiger partial charge in [0, 0.05) is 22.2 Å². The van der Waals surface area contributed by atoms with E-state index in [4.69, 9.17) is 8.83 Å². The zero-order valence-corrected chi connectivity index (χ0v) is 18.4. The highest BCUT2D eigenvalue weighted by Crippen LogP contribution is 2.26. The highest BCUT2D eigenvalue weighted by Gasteiger charge is 2.13. The largest absolute Gasteiger partial charge is 0.436 e. The predicted molar refractivity (Wildman–Crippen MR) is 135 cm³/mol. The van der Waals surface area contributed by atoms with Crippen LogP contribution in [0.3, 0.4) is 0 Å². The fourth-order valence-corrected chi connectivity index (χ4v) is 3.99. The highest BCUT2D eigenvalue weighted by atomic mass is 16.4. The zero-order valence-electron chi connectivity index (χ0n) is 18.4. The minimum Gasteiger partial charge on any atom is -0.436 e. The van der Waals surface area contributed by atoms with Gasteiger partial charge in [0.15, 0.2) is 5.58 Å². The lowest BCUT2D eigenvalue weighted by atomic mass is 10.0. The van der Waals surface area contributed by atoms with E-state index in [1.807, 2.05) is 54.6 Å². The van der Waals surface area contributed by atoms with E-state index in [0.717, 1.165) is 22.0 Å². The van der Waals surface area contributed by atoms with E-state index in [9.17, 15) is 9.59 Å². The van der Waals surface area contributed by atoms with Crippen molar-refractivity contribution in [1.29, 1.82) is 0 Å². The second-order valence-electron chi connectivity index (χ2n) is 8.08. The lowest BCUT2D eigenvalue weighted by Crippen LogP contribution is -2.12. The third kappa shape index (κ3) is 3.98. The first-order valence-corrected chi connectivity index (χ1v) is 11.0. The normalized spacial score (nSPS) is 11.1. The summed E-state index contributed by atoms with van der Waals surface area (Å²) in [6.07, 6.45) is 0. The van der Waals surface area contributed by atoms with Gasteiger partial charge in [-0.15, -0.1) is 0 Å². The molecule has 168 valence electrons. The molecule has 0 saturated carbocycles. The summed E-state index contributed by atoms with van der Waals surface area (Å²) < 4.78 is 11.2. The first-order chi connectivity index (χ1) is 17.1. The Morgan fingerprint density at radius 1 is 0.714 bits per heavy atom. The van der Waals surface area contributed by atoms with E-state index in [1.54, 1.807) is 48.5 Å². The molecule has 0 aliphatic carbocycles. The van der Waals surface area contributed by atoms with E-state index in [0.29, 0.717) is 33.9 Å². The smallest absolute Gasteiger partial charge is 0.344 e. The van der Waals surface area contributed by atoms with Crippen molar-refractivity contribution < 1.29 is 13.6 Å². The number of oxazole rings is 1. The number of amides is 1. The van der Waals surface area contributed by atoms with Crippen molar-refractivity contribution >= 4 is 33.7 Å². The standard InChI is InChI=1S/C29H18N2O4/c32-27(30-22-14-12-18(13-15-22)28-31-24-9-2-4-11-26(24)34-28)21-8-5-7-19(16-21)23-17-20-6-1-3-10-25(20)35-29(23)33/h1-17H,(H,30,32). The summed E-state index contributed by atoms with van der Waals surface area (Å²) >= 11 is 0. The van der Waals surface area contributed by atoms with Gasteiger partial charge < -0.3 is 14.2 Å². The van der Waals surface area contributed by atoms with Gasteiger partial charge >= 0.3 is 5.63 Å². The molecule has 0 spiro atoms. The second kappa shape index (κ2) is 8.43. The van der Waals surface area contributed by atoms with Crippen molar-refractivity contribution in [2.45, 2.75) is 0 Å². The number of nitrogens with one attached hydrogen (secondary N) is 1. The molecule has 0 radical (unpaired) electrons. The summed E-state index contributed by atoms with van der Waals surface area (Å²) in [5.41, 5.74) is 4.48. The lowest BCUT2D eigenvalue weighted by Gasteiger charge is -2.08. The average Bonchev–Trinajstić information content (AvgIpc) is 3.33. The van der Waals surface area contributed by atoms with Crippen LogP contribution in [0.25, 0.3) is 44.7 Å². The average molecular weight is 458 g/mol. The Labute approximate surface area is 199 Å². The number of hydrogen-bond donors (Lipinski definition) is 1. The molecule has 0 aliphatic rings. The van der Waals surface area contributed by atoms with Crippen LogP contribution in [0.5, 0.6) is 0 Å². The molecule has 0 aliphatic heterocycles. The molecular formula is C29H18N2O4. The fraction of sp³-hybridized carbons (Fsp3) is 0. The van der Waals surface area contributed by atoms with Gasteiger partial charge in [-0.3, -0.25) is 4.79 Å². The summed E-state index contributed by atoms with van der Waals surface area (Å²) in [6, 6.07) is 30.9. The number of aromatic nitrogens is 1.